The molecule has 1 aliphatic rings. The first-order valence-corrected chi connectivity index (χ1v) is 10.6. The Balaban J connectivity index is 1.89. The molecule has 1 aliphatic carbocycles. The zero-order valence-corrected chi connectivity index (χ0v) is 17.8. The van der Waals surface area contributed by atoms with Crippen LogP contribution in [0.4, 0.5) is 0 Å². The summed E-state index contributed by atoms with van der Waals surface area (Å²) in [4.78, 5) is 12.6. The van der Waals surface area contributed by atoms with E-state index in [-0.39, 0.29) is 17.0 Å². The molecule has 0 saturated heterocycles. The molecular formula is C22H36BNO4. The van der Waals surface area contributed by atoms with E-state index in [0.717, 1.165) is 31.6 Å². The van der Waals surface area contributed by atoms with Gasteiger partial charge < -0.3 is 20.1 Å². The van der Waals surface area contributed by atoms with Crippen LogP contribution in [-0.4, -0.2) is 40.8 Å². The highest BCUT2D eigenvalue weighted by atomic mass is 16.5. The van der Waals surface area contributed by atoms with E-state index in [4.69, 9.17) is 4.74 Å². The van der Waals surface area contributed by atoms with Crippen LogP contribution in [0.25, 0.3) is 0 Å². The average Bonchev–Trinajstić information content (AvgIpc) is 2.65. The van der Waals surface area contributed by atoms with Gasteiger partial charge in [-0.25, -0.2) is 0 Å². The van der Waals surface area contributed by atoms with Gasteiger partial charge in [0, 0.05) is 17.7 Å². The van der Waals surface area contributed by atoms with Gasteiger partial charge in [0.15, 0.2) is 0 Å². The Kier molecular flexibility index (Phi) is 8.11. The molecule has 28 heavy (non-hydrogen) atoms. The van der Waals surface area contributed by atoms with Crippen molar-refractivity contribution < 1.29 is 19.6 Å². The Labute approximate surface area is 170 Å². The van der Waals surface area contributed by atoms with Gasteiger partial charge in [-0.05, 0) is 63.0 Å². The minimum atomic E-state index is -1.53. The van der Waals surface area contributed by atoms with Gasteiger partial charge in [-0.3, -0.25) is 4.79 Å². The molecule has 1 fully saturated rings. The fourth-order valence-corrected chi connectivity index (χ4v) is 3.62. The van der Waals surface area contributed by atoms with Crippen molar-refractivity contribution >= 4 is 18.5 Å². The summed E-state index contributed by atoms with van der Waals surface area (Å²) < 4.78 is 6.31. The number of benzene rings is 1. The lowest BCUT2D eigenvalue weighted by atomic mass is 9.77. The molecule has 0 bridgehead atoms. The van der Waals surface area contributed by atoms with Gasteiger partial charge >= 0.3 is 7.12 Å². The predicted molar refractivity (Wildman–Crippen MR) is 114 cm³/mol. The molecule has 2 atom stereocenters. The molecule has 2 rings (SSSR count). The molecular weight excluding hydrogens is 353 g/mol. The molecule has 3 N–H and O–H groups in total. The van der Waals surface area contributed by atoms with Crippen LogP contribution in [0.15, 0.2) is 24.3 Å². The van der Waals surface area contributed by atoms with Crippen LogP contribution in [0.3, 0.4) is 0 Å². The largest absolute Gasteiger partial charge is 0.488 e. The SMILES string of the molecule is CCC(C)(CCOC(C)(CC)CC1CCC1)NC(=O)c1ccc(B(O)O)cc1. The zero-order chi connectivity index (χ0) is 20.8. The highest BCUT2D eigenvalue weighted by Crippen LogP contribution is 2.36. The van der Waals surface area contributed by atoms with Crippen molar-refractivity contribution in [3.63, 3.8) is 0 Å². The summed E-state index contributed by atoms with van der Waals surface area (Å²) in [5.41, 5.74) is 0.448. The minimum absolute atomic E-state index is 0.0787. The first kappa shape index (κ1) is 22.9. The number of hydrogen-bond donors (Lipinski definition) is 3. The number of carbonyl (C=O) groups is 1. The third kappa shape index (κ3) is 6.33. The fraction of sp³-hybridized carbons (Fsp3) is 0.682. The fourth-order valence-electron chi connectivity index (χ4n) is 3.62. The molecule has 0 aromatic heterocycles. The molecule has 1 aromatic carbocycles. The summed E-state index contributed by atoms with van der Waals surface area (Å²) in [5.74, 6) is 0.652. The lowest BCUT2D eigenvalue weighted by molar-refractivity contribution is -0.0636. The maximum absolute atomic E-state index is 12.6. The highest BCUT2D eigenvalue weighted by molar-refractivity contribution is 6.58. The Hall–Kier alpha value is -1.37. The van der Waals surface area contributed by atoms with Gasteiger partial charge in [-0.1, -0.05) is 45.2 Å². The summed E-state index contributed by atoms with van der Waals surface area (Å²) in [6, 6.07) is 6.34. The van der Waals surface area contributed by atoms with E-state index in [1.807, 2.05) is 0 Å². The van der Waals surface area contributed by atoms with Crippen LogP contribution < -0.4 is 10.8 Å². The second-order valence-corrected chi connectivity index (χ2v) is 8.77. The van der Waals surface area contributed by atoms with E-state index in [9.17, 15) is 14.8 Å². The summed E-state index contributed by atoms with van der Waals surface area (Å²) >= 11 is 0. The molecule has 1 amide bonds. The Morgan fingerprint density at radius 1 is 1.18 bits per heavy atom. The minimum Gasteiger partial charge on any atom is -0.423 e. The van der Waals surface area contributed by atoms with E-state index in [0.29, 0.717) is 17.6 Å². The second kappa shape index (κ2) is 9.90. The maximum atomic E-state index is 12.6. The van der Waals surface area contributed by atoms with Crippen molar-refractivity contribution in [1.29, 1.82) is 0 Å². The number of nitrogens with one attached hydrogen (secondary N) is 1. The number of ether oxygens (including phenoxy) is 1. The Morgan fingerprint density at radius 2 is 1.82 bits per heavy atom. The highest BCUT2D eigenvalue weighted by Gasteiger charge is 2.32. The smallest absolute Gasteiger partial charge is 0.423 e. The molecule has 1 aromatic rings. The quantitative estimate of drug-likeness (QED) is 0.509. The third-order valence-electron chi connectivity index (χ3n) is 6.46. The average molecular weight is 389 g/mol. The molecule has 0 heterocycles. The topological polar surface area (TPSA) is 78.8 Å². The summed E-state index contributed by atoms with van der Waals surface area (Å²) in [6.45, 7) is 9.14. The molecule has 0 radical (unpaired) electrons. The second-order valence-electron chi connectivity index (χ2n) is 8.77. The monoisotopic (exact) mass is 389 g/mol. The lowest BCUT2D eigenvalue weighted by Crippen LogP contribution is -2.47. The Morgan fingerprint density at radius 3 is 2.29 bits per heavy atom. The van der Waals surface area contributed by atoms with E-state index < -0.39 is 7.12 Å². The van der Waals surface area contributed by atoms with Gasteiger partial charge in [0.05, 0.1) is 5.60 Å². The summed E-state index contributed by atoms with van der Waals surface area (Å²) in [5, 5.41) is 21.5. The van der Waals surface area contributed by atoms with Crippen molar-refractivity contribution in [2.24, 2.45) is 5.92 Å². The van der Waals surface area contributed by atoms with Gasteiger partial charge in [-0.2, -0.15) is 0 Å². The number of rotatable bonds is 11. The van der Waals surface area contributed by atoms with Crippen LogP contribution in [0, 0.1) is 5.92 Å². The number of carbonyl (C=O) groups excluding carboxylic acids is 1. The van der Waals surface area contributed by atoms with Crippen molar-refractivity contribution in [2.75, 3.05) is 6.61 Å². The van der Waals surface area contributed by atoms with Crippen LogP contribution in [0.1, 0.15) is 83.0 Å². The third-order valence-corrected chi connectivity index (χ3v) is 6.46. The van der Waals surface area contributed by atoms with Crippen molar-refractivity contribution in [3.8, 4) is 0 Å². The van der Waals surface area contributed by atoms with Crippen molar-refractivity contribution in [1.82, 2.24) is 5.32 Å². The van der Waals surface area contributed by atoms with Crippen LogP contribution in [0.5, 0.6) is 0 Å². The maximum Gasteiger partial charge on any atom is 0.488 e. The van der Waals surface area contributed by atoms with Gasteiger partial charge in [-0.15, -0.1) is 0 Å². The molecule has 0 spiro atoms. The first-order valence-electron chi connectivity index (χ1n) is 10.6. The lowest BCUT2D eigenvalue weighted by Gasteiger charge is -2.38. The van der Waals surface area contributed by atoms with Crippen LogP contribution in [-0.2, 0) is 4.74 Å². The van der Waals surface area contributed by atoms with Gasteiger partial charge in [0.25, 0.3) is 5.91 Å². The van der Waals surface area contributed by atoms with Crippen LogP contribution in [0.2, 0.25) is 0 Å². The van der Waals surface area contributed by atoms with Gasteiger partial charge in [0.2, 0.25) is 0 Å². The molecule has 0 aliphatic heterocycles. The number of amides is 1. The summed E-state index contributed by atoms with van der Waals surface area (Å²) in [6.07, 6.45) is 7.69. The van der Waals surface area contributed by atoms with Crippen molar-refractivity contribution in [2.45, 2.75) is 83.8 Å². The molecule has 2 unspecified atom stereocenters. The summed E-state index contributed by atoms with van der Waals surface area (Å²) in [7, 11) is -1.53. The van der Waals surface area contributed by atoms with E-state index in [2.05, 4.69) is 33.0 Å². The van der Waals surface area contributed by atoms with E-state index in [1.165, 1.54) is 19.3 Å². The molecule has 5 nitrogen and oxygen atoms in total. The molecule has 6 heteroatoms. The standard InChI is InChI=1S/C22H36BNO4/c1-5-21(3,14-15-28-22(4,6-2)16-17-8-7-9-17)24-20(25)18-10-12-19(13-11-18)23(26)27/h10-13,17,26-27H,5-9,14-16H2,1-4H3,(H,24,25). The van der Waals surface area contributed by atoms with Crippen molar-refractivity contribution in [3.05, 3.63) is 29.8 Å². The molecule has 1 saturated carbocycles. The Bertz CT molecular complexity index is 632. The van der Waals surface area contributed by atoms with E-state index >= 15 is 0 Å². The molecule has 156 valence electrons. The van der Waals surface area contributed by atoms with Gasteiger partial charge in [0.1, 0.15) is 0 Å². The normalized spacial score (nSPS) is 18.6. The van der Waals surface area contributed by atoms with E-state index in [1.54, 1.807) is 24.3 Å². The number of hydrogen-bond acceptors (Lipinski definition) is 4. The van der Waals surface area contributed by atoms with Crippen LogP contribution >= 0.6 is 0 Å². The first-order chi connectivity index (χ1) is 13.2. The zero-order valence-electron chi connectivity index (χ0n) is 17.8. The predicted octanol–water partition coefficient (Wildman–Crippen LogP) is 3.03.